The van der Waals surface area contributed by atoms with Gasteiger partial charge in [0.05, 0.1) is 10.6 Å². The zero-order valence-corrected chi connectivity index (χ0v) is 19.9. The number of carbonyl (C=O) groups excluding carboxylic acids is 1. The van der Waals surface area contributed by atoms with Gasteiger partial charge < -0.3 is 0 Å². The zero-order valence-electron chi connectivity index (χ0n) is 18.3. The van der Waals surface area contributed by atoms with Crippen molar-refractivity contribution in [2.45, 2.75) is 18.7 Å². The highest BCUT2D eigenvalue weighted by molar-refractivity contribution is 7.92. The number of rotatable bonds is 6. The molecule has 0 atom stereocenters. The maximum Gasteiger partial charge on any atom is 0.264 e. The molecule has 7 nitrogen and oxygen atoms in total. The fourth-order valence-corrected chi connectivity index (χ4v) is 5.03. The van der Waals surface area contributed by atoms with Crippen LogP contribution in [-0.2, 0) is 10.0 Å². The van der Waals surface area contributed by atoms with Gasteiger partial charge in [0, 0.05) is 18.2 Å². The van der Waals surface area contributed by atoms with Crippen LogP contribution in [-0.4, -0.2) is 31.6 Å². The normalized spacial score (nSPS) is 11.2. The molecule has 1 aromatic heterocycles. The average molecular weight is 479 g/mol. The van der Waals surface area contributed by atoms with Crippen molar-refractivity contribution in [2.24, 2.45) is 0 Å². The van der Waals surface area contributed by atoms with Gasteiger partial charge in [-0.3, -0.25) is 14.4 Å². The summed E-state index contributed by atoms with van der Waals surface area (Å²) in [5.41, 5.74) is 3.89. The third kappa shape index (κ3) is 4.94. The first kappa shape index (κ1) is 22.6. The van der Waals surface area contributed by atoms with Crippen molar-refractivity contribution in [1.82, 2.24) is 10.2 Å². The number of nitrogens with zero attached hydrogens (tertiary/aromatic N) is 3. The Hall–Kier alpha value is -3.56. The van der Waals surface area contributed by atoms with Crippen LogP contribution in [0.15, 0.2) is 77.7 Å². The molecule has 0 unspecified atom stereocenters. The monoisotopic (exact) mass is 478 g/mol. The van der Waals surface area contributed by atoms with E-state index in [9.17, 15) is 13.2 Å². The summed E-state index contributed by atoms with van der Waals surface area (Å²) in [6.07, 6.45) is 0. The number of carbonyl (C=O) groups is 1. The van der Waals surface area contributed by atoms with E-state index in [-0.39, 0.29) is 10.8 Å². The summed E-state index contributed by atoms with van der Waals surface area (Å²) in [5.74, 6) is -0.350. The summed E-state index contributed by atoms with van der Waals surface area (Å²) in [7, 11) is -2.22. The molecular weight excluding hydrogens is 456 g/mol. The Bertz CT molecular complexity index is 1380. The van der Waals surface area contributed by atoms with E-state index >= 15 is 0 Å². The molecule has 4 rings (SSSR count). The molecule has 33 heavy (non-hydrogen) atoms. The van der Waals surface area contributed by atoms with Crippen LogP contribution in [0, 0.1) is 13.8 Å². The van der Waals surface area contributed by atoms with E-state index in [0.717, 1.165) is 16.7 Å². The Morgan fingerprint density at radius 3 is 2.03 bits per heavy atom. The van der Waals surface area contributed by atoms with Crippen LogP contribution in [0.5, 0.6) is 0 Å². The van der Waals surface area contributed by atoms with Crippen LogP contribution < -0.4 is 9.62 Å². The van der Waals surface area contributed by atoms with Crippen LogP contribution in [0.4, 0.5) is 10.8 Å². The summed E-state index contributed by atoms with van der Waals surface area (Å²) < 4.78 is 26.9. The lowest BCUT2D eigenvalue weighted by Crippen LogP contribution is -2.26. The molecule has 0 fully saturated rings. The van der Waals surface area contributed by atoms with E-state index in [2.05, 4.69) is 15.5 Å². The van der Waals surface area contributed by atoms with Crippen molar-refractivity contribution in [3.8, 4) is 10.6 Å². The van der Waals surface area contributed by atoms with Gasteiger partial charge in [0.15, 0.2) is 0 Å². The number of anilines is 2. The van der Waals surface area contributed by atoms with Gasteiger partial charge in [-0.15, -0.1) is 10.2 Å². The number of hydrogen-bond donors (Lipinski definition) is 1. The molecule has 0 saturated carbocycles. The zero-order chi connectivity index (χ0) is 23.6. The second kappa shape index (κ2) is 9.13. The fraction of sp³-hybridized carbons (Fsp3) is 0.125. The molecule has 0 radical (unpaired) electrons. The number of aryl methyl sites for hydroxylation is 2. The highest BCUT2D eigenvalue weighted by Crippen LogP contribution is 2.27. The van der Waals surface area contributed by atoms with Gasteiger partial charge >= 0.3 is 0 Å². The summed E-state index contributed by atoms with van der Waals surface area (Å²) in [6, 6.07) is 20.9. The van der Waals surface area contributed by atoms with E-state index < -0.39 is 10.0 Å². The molecule has 9 heteroatoms. The van der Waals surface area contributed by atoms with E-state index in [4.69, 9.17) is 0 Å². The van der Waals surface area contributed by atoms with E-state index in [0.29, 0.717) is 21.4 Å². The molecule has 168 valence electrons. The third-order valence-electron chi connectivity index (χ3n) is 5.12. The lowest BCUT2D eigenvalue weighted by atomic mass is 10.2. The number of nitrogens with one attached hydrogen (secondary N) is 1. The SMILES string of the molecule is Cc1ccc(-c2nnc(NC(=O)c3ccc(N(C)S(=O)(=O)c4ccc(C)cc4)cc3)s2)cc1. The minimum atomic E-state index is -3.70. The summed E-state index contributed by atoms with van der Waals surface area (Å²) >= 11 is 1.28. The highest BCUT2D eigenvalue weighted by atomic mass is 32.2. The molecule has 0 aliphatic rings. The van der Waals surface area contributed by atoms with E-state index in [1.165, 1.54) is 22.7 Å². The molecular formula is C24H22N4O3S2. The van der Waals surface area contributed by atoms with Gasteiger partial charge in [0.1, 0.15) is 5.01 Å². The van der Waals surface area contributed by atoms with Gasteiger partial charge in [-0.05, 0) is 50.2 Å². The molecule has 1 amide bonds. The smallest absolute Gasteiger partial charge is 0.264 e. The van der Waals surface area contributed by atoms with Gasteiger partial charge in [0.2, 0.25) is 5.13 Å². The molecule has 0 spiro atoms. The molecule has 4 aromatic rings. The minimum Gasteiger partial charge on any atom is -0.296 e. The fourth-order valence-electron chi connectivity index (χ4n) is 3.09. The van der Waals surface area contributed by atoms with Crippen LogP contribution in [0.2, 0.25) is 0 Å². The summed E-state index contributed by atoms with van der Waals surface area (Å²) in [6.45, 7) is 3.91. The Labute approximate surface area is 196 Å². The first-order chi connectivity index (χ1) is 15.7. The van der Waals surface area contributed by atoms with Crippen LogP contribution in [0.1, 0.15) is 21.5 Å². The number of hydrogen-bond acceptors (Lipinski definition) is 6. The highest BCUT2D eigenvalue weighted by Gasteiger charge is 2.21. The molecule has 3 aromatic carbocycles. The van der Waals surface area contributed by atoms with Crippen molar-refractivity contribution in [1.29, 1.82) is 0 Å². The Morgan fingerprint density at radius 2 is 1.42 bits per heavy atom. The summed E-state index contributed by atoms with van der Waals surface area (Å²) in [5, 5.41) is 12.0. The average Bonchev–Trinajstić information content (AvgIpc) is 3.28. The predicted octanol–water partition coefficient (Wildman–Crippen LogP) is 4.90. The second-order valence-corrected chi connectivity index (χ2v) is 10.5. The maximum absolute atomic E-state index is 12.9. The maximum atomic E-state index is 12.9. The number of sulfonamides is 1. The Balaban J connectivity index is 1.46. The molecule has 1 heterocycles. The molecule has 0 aliphatic heterocycles. The molecule has 1 N–H and O–H groups in total. The van der Waals surface area contributed by atoms with Gasteiger partial charge in [-0.2, -0.15) is 0 Å². The number of benzene rings is 3. The van der Waals surface area contributed by atoms with E-state index in [1.54, 1.807) is 48.5 Å². The summed E-state index contributed by atoms with van der Waals surface area (Å²) in [4.78, 5) is 12.8. The first-order valence-corrected chi connectivity index (χ1v) is 12.4. The number of aromatic nitrogens is 2. The predicted molar refractivity (Wildman–Crippen MR) is 131 cm³/mol. The van der Waals surface area contributed by atoms with Crippen LogP contribution in [0.25, 0.3) is 10.6 Å². The largest absolute Gasteiger partial charge is 0.296 e. The minimum absolute atomic E-state index is 0.207. The topological polar surface area (TPSA) is 92.3 Å². The lowest BCUT2D eigenvalue weighted by Gasteiger charge is -2.19. The van der Waals surface area contributed by atoms with Gasteiger partial charge in [-0.1, -0.05) is 58.9 Å². The Kier molecular flexibility index (Phi) is 6.26. The van der Waals surface area contributed by atoms with Gasteiger partial charge in [-0.25, -0.2) is 8.42 Å². The van der Waals surface area contributed by atoms with Crippen molar-refractivity contribution in [2.75, 3.05) is 16.7 Å². The Morgan fingerprint density at radius 1 is 0.848 bits per heavy atom. The van der Waals surface area contributed by atoms with Crippen LogP contribution >= 0.6 is 11.3 Å². The quantitative estimate of drug-likeness (QED) is 0.426. The van der Waals surface area contributed by atoms with E-state index in [1.807, 2.05) is 38.1 Å². The molecule has 0 saturated heterocycles. The standard InChI is InChI=1S/C24H22N4O3S2/c1-16-4-8-19(9-5-16)23-26-27-24(32-23)25-22(29)18-10-12-20(13-11-18)28(3)33(30,31)21-14-6-17(2)7-15-21/h4-15H,1-3H3,(H,25,27,29). The second-order valence-electron chi connectivity index (χ2n) is 7.56. The van der Waals surface area contributed by atoms with Gasteiger partial charge in [0.25, 0.3) is 15.9 Å². The first-order valence-electron chi connectivity index (χ1n) is 10.1. The third-order valence-corrected chi connectivity index (χ3v) is 7.80. The molecule has 0 bridgehead atoms. The van der Waals surface area contributed by atoms with Crippen molar-refractivity contribution >= 4 is 38.1 Å². The number of amides is 1. The molecule has 0 aliphatic carbocycles. The van der Waals surface area contributed by atoms with Crippen molar-refractivity contribution in [3.05, 3.63) is 89.5 Å². The van der Waals surface area contributed by atoms with Crippen molar-refractivity contribution in [3.63, 3.8) is 0 Å². The van der Waals surface area contributed by atoms with Crippen LogP contribution in [0.3, 0.4) is 0 Å². The lowest BCUT2D eigenvalue weighted by molar-refractivity contribution is 0.102. The van der Waals surface area contributed by atoms with Crippen molar-refractivity contribution < 1.29 is 13.2 Å².